The molecular formula is C58H61F6N13. The van der Waals surface area contributed by atoms with Crippen LogP contribution in [0.4, 0.5) is 43.8 Å². The molecule has 6 heterocycles. The predicted molar refractivity (Wildman–Crippen MR) is 292 cm³/mol. The molecule has 10 rings (SSSR count). The van der Waals surface area contributed by atoms with Crippen LogP contribution in [0.15, 0.2) is 122 Å². The fourth-order valence-corrected chi connectivity index (χ4v) is 9.16. The van der Waals surface area contributed by atoms with Crippen LogP contribution in [0.25, 0.3) is 56.1 Å². The maximum atomic E-state index is 13.1. The molecule has 0 unspecified atom stereocenters. The van der Waals surface area contributed by atoms with Crippen molar-refractivity contribution in [3.63, 3.8) is 0 Å². The van der Waals surface area contributed by atoms with E-state index in [1.54, 1.807) is 56.6 Å². The third-order valence-corrected chi connectivity index (χ3v) is 12.9. The highest BCUT2D eigenvalue weighted by Gasteiger charge is 2.35. The fraction of sp³-hybridized carbons (Fsp3) is 0.293. The van der Waals surface area contributed by atoms with Crippen molar-refractivity contribution in [2.45, 2.75) is 99.5 Å². The van der Waals surface area contributed by atoms with E-state index >= 15 is 0 Å². The van der Waals surface area contributed by atoms with Gasteiger partial charge >= 0.3 is 12.4 Å². The van der Waals surface area contributed by atoms with E-state index in [0.717, 1.165) is 74.6 Å². The van der Waals surface area contributed by atoms with Crippen LogP contribution in [0, 0.1) is 13.8 Å². The first-order valence-corrected chi connectivity index (χ1v) is 25.4. The number of nitrogens with zero attached hydrogens (tertiary/aromatic N) is 11. The molecular weight excluding hydrogens is 993 g/mol. The molecule has 13 nitrogen and oxygen atoms in total. The molecule has 0 aliphatic carbocycles. The van der Waals surface area contributed by atoms with Crippen LogP contribution in [-0.2, 0) is 39.4 Å². The van der Waals surface area contributed by atoms with Crippen molar-refractivity contribution in [2.24, 2.45) is 14.1 Å². The second-order valence-corrected chi connectivity index (χ2v) is 19.0. The van der Waals surface area contributed by atoms with Gasteiger partial charge in [-0.25, -0.2) is 29.3 Å². The normalized spacial score (nSPS) is 11.8. The summed E-state index contributed by atoms with van der Waals surface area (Å²) in [4.78, 5) is 23.8. The summed E-state index contributed by atoms with van der Waals surface area (Å²) in [5, 5.41) is 14.2. The Morgan fingerprint density at radius 2 is 1.06 bits per heavy atom. The van der Waals surface area contributed by atoms with Crippen LogP contribution in [0.2, 0.25) is 0 Å². The Hall–Kier alpha value is -8.35. The quantitative estimate of drug-likeness (QED) is 0.115. The summed E-state index contributed by atoms with van der Waals surface area (Å²) in [6.45, 7) is 18.4. The first kappa shape index (κ1) is 54.9. The van der Waals surface area contributed by atoms with Gasteiger partial charge in [0.1, 0.15) is 28.2 Å². The number of imidazole rings is 2. The Morgan fingerprint density at radius 1 is 0.584 bits per heavy atom. The van der Waals surface area contributed by atoms with Crippen molar-refractivity contribution in [1.29, 1.82) is 0 Å². The number of fused-ring (bicyclic) bond motifs is 2. The van der Waals surface area contributed by atoms with Gasteiger partial charge in [0.05, 0.1) is 29.5 Å². The maximum absolute atomic E-state index is 13.1. The molecule has 0 amide bonds. The molecule has 0 saturated carbocycles. The molecule has 10 aromatic rings. The highest BCUT2D eigenvalue weighted by Crippen LogP contribution is 2.38. The average molecular weight is 1050 g/mol. The lowest BCUT2D eigenvalue weighted by atomic mass is 9.94. The number of aromatic nitrogens is 11. The summed E-state index contributed by atoms with van der Waals surface area (Å²) >= 11 is 0. The number of nitrogens with one attached hydrogen (secondary N) is 2. The number of pyridine rings is 1. The maximum Gasteiger partial charge on any atom is 0.435 e. The minimum absolute atomic E-state index is 0.294. The van der Waals surface area contributed by atoms with Crippen molar-refractivity contribution in [2.75, 3.05) is 10.6 Å². The second kappa shape index (κ2) is 22.5. The lowest BCUT2D eigenvalue weighted by Gasteiger charge is -2.17. The highest BCUT2D eigenvalue weighted by atomic mass is 19.4. The lowest BCUT2D eigenvalue weighted by molar-refractivity contribution is -0.142. The molecule has 400 valence electrons. The highest BCUT2D eigenvalue weighted by molar-refractivity contribution is 5.95. The summed E-state index contributed by atoms with van der Waals surface area (Å²) in [6.07, 6.45) is -4.66. The van der Waals surface area contributed by atoms with E-state index in [4.69, 9.17) is 15.0 Å². The van der Waals surface area contributed by atoms with Gasteiger partial charge in [-0.2, -0.15) is 41.5 Å². The third-order valence-electron chi connectivity index (χ3n) is 12.9. The fourth-order valence-electron chi connectivity index (χ4n) is 9.16. The first-order valence-electron chi connectivity index (χ1n) is 25.4. The minimum Gasteiger partial charge on any atom is -0.366 e. The molecule has 0 aliphatic heterocycles. The first-order chi connectivity index (χ1) is 36.7. The molecule has 0 atom stereocenters. The molecule has 0 aliphatic rings. The van der Waals surface area contributed by atoms with Crippen LogP contribution in [0.3, 0.4) is 0 Å². The molecule has 2 N–H and O–H groups in total. The number of rotatable bonds is 12. The van der Waals surface area contributed by atoms with Crippen LogP contribution in [0.5, 0.6) is 0 Å². The molecule has 4 aromatic carbocycles. The average Bonchev–Trinajstić information content (AvgIpc) is 4.24. The zero-order valence-corrected chi connectivity index (χ0v) is 44.8. The zero-order chi connectivity index (χ0) is 55.5. The van der Waals surface area contributed by atoms with E-state index in [9.17, 15) is 26.3 Å². The van der Waals surface area contributed by atoms with E-state index in [0.29, 0.717) is 63.9 Å². The van der Waals surface area contributed by atoms with Gasteiger partial charge in [0.15, 0.2) is 17.0 Å². The van der Waals surface area contributed by atoms with Crippen molar-refractivity contribution < 1.29 is 26.3 Å². The van der Waals surface area contributed by atoms with Gasteiger partial charge in [-0.3, -0.25) is 0 Å². The Balaban J connectivity index is 0.000000198. The van der Waals surface area contributed by atoms with Crippen molar-refractivity contribution in [1.82, 2.24) is 53.6 Å². The van der Waals surface area contributed by atoms with E-state index in [-0.39, 0.29) is 0 Å². The largest absolute Gasteiger partial charge is 0.435 e. The van der Waals surface area contributed by atoms with Crippen LogP contribution in [-0.4, -0.2) is 53.6 Å². The Labute approximate surface area is 443 Å². The van der Waals surface area contributed by atoms with Gasteiger partial charge in [-0.05, 0) is 97.3 Å². The molecule has 0 radical (unpaired) electrons. The summed E-state index contributed by atoms with van der Waals surface area (Å²) in [7, 11) is 3.87. The number of anilines is 3. The predicted octanol–water partition coefficient (Wildman–Crippen LogP) is 14.9. The number of hydrogen-bond donors (Lipinski definition) is 2. The topological polar surface area (TPSA) is 134 Å². The standard InChI is InChI=1S/C30H31F3N6.C26H24F3N7.C2H6/c1-6-22-28-27(35-17-38(28)5)26(24-10-8-7-9-23(24)18(2)3)36-29(22)34-16-20-11-13-21(14-12-20)39-19(4)15-25(37-39)30(31,32)33;1-15(2)19-7-5-6-8-20(19)22-23-24(35(4)14-30-23)33-25(32-22)31-17-9-11-18(12-10-17)36-16(3)13-21(34-36)26(27,28)29;1-2/h7-15,17-18H,6,16H2,1-5H3,(H,34,36);5-15H,1-4H3,(H,31,32,33);1-2H3. The van der Waals surface area contributed by atoms with E-state index in [1.165, 1.54) is 14.9 Å². The van der Waals surface area contributed by atoms with E-state index in [2.05, 4.69) is 83.6 Å². The van der Waals surface area contributed by atoms with Gasteiger partial charge in [0.2, 0.25) is 5.95 Å². The number of aryl methyl sites for hydroxylation is 5. The molecule has 19 heteroatoms. The molecule has 6 aromatic heterocycles. The summed E-state index contributed by atoms with van der Waals surface area (Å²) in [5.74, 6) is 1.81. The Morgan fingerprint density at radius 3 is 1.56 bits per heavy atom. The smallest absolute Gasteiger partial charge is 0.366 e. The third kappa shape index (κ3) is 11.6. The molecule has 77 heavy (non-hydrogen) atoms. The number of alkyl halides is 6. The van der Waals surface area contributed by atoms with Crippen molar-refractivity contribution in [3.8, 4) is 33.9 Å². The van der Waals surface area contributed by atoms with Gasteiger partial charge < -0.3 is 19.8 Å². The number of benzene rings is 4. The van der Waals surface area contributed by atoms with Crippen LogP contribution < -0.4 is 10.6 Å². The monoisotopic (exact) mass is 1050 g/mol. The van der Waals surface area contributed by atoms with Gasteiger partial charge in [0.25, 0.3) is 0 Å². The van der Waals surface area contributed by atoms with Crippen molar-refractivity contribution in [3.05, 3.63) is 167 Å². The van der Waals surface area contributed by atoms with Gasteiger partial charge in [-0.15, -0.1) is 0 Å². The molecule has 0 saturated heterocycles. The summed E-state index contributed by atoms with van der Waals surface area (Å²) in [5.41, 5.74) is 12.2. The van der Waals surface area contributed by atoms with Gasteiger partial charge in [-0.1, -0.05) is 109 Å². The zero-order valence-electron chi connectivity index (χ0n) is 44.8. The molecule has 0 bridgehead atoms. The number of hydrogen-bond acceptors (Lipinski definition) is 9. The molecule has 0 spiro atoms. The second-order valence-electron chi connectivity index (χ2n) is 19.0. The Bertz CT molecular complexity index is 3660. The Kier molecular flexibility index (Phi) is 16.0. The lowest BCUT2D eigenvalue weighted by Crippen LogP contribution is -2.09. The minimum atomic E-state index is -4.49. The summed E-state index contributed by atoms with van der Waals surface area (Å²) < 4.78 is 84.8. The molecule has 0 fully saturated rings. The van der Waals surface area contributed by atoms with E-state index < -0.39 is 23.7 Å². The van der Waals surface area contributed by atoms with Gasteiger partial charge in [0, 0.05) is 54.4 Å². The number of halogens is 6. The SMILES string of the molecule is CC.CCc1c(NCc2ccc(-n3nc(C(F)(F)F)cc3C)cc2)nc(-c2ccccc2C(C)C)c2ncn(C)c12.Cc1cc(C(F)(F)F)nn1-c1ccc(Nc2nc(-c3ccccc3C(C)C)c3ncn(C)c3n2)cc1. The van der Waals surface area contributed by atoms with E-state index in [1.807, 2.05) is 85.9 Å². The van der Waals surface area contributed by atoms with Crippen LogP contribution in [0.1, 0.15) is 105 Å². The van der Waals surface area contributed by atoms with Crippen LogP contribution >= 0.6 is 0 Å². The van der Waals surface area contributed by atoms with Crippen molar-refractivity contribution >= 4 is 39.7 Å². The summed E-state index contributed by atoms with van der Waals surface area (Å²) in [6, 6.07) is 32.7.